The van der Waals surface area contributed by atoms with Crippen molar-refractivity contribution in [1.29, 1.82) is 0 Å². The minimum Gasteiger partial charge on any atom is -0.396 e. The first-order valence-electron chi connectivity index (χ1n) is 9.14. The maximum Gasteiger partial charge on any atom is 0.270 e. The van der Waals surface area contributed by atoms with Crippen LogP contribution < -0.4 is 5.32 Å². The average molecular weight is 343 g/mol. The van der Waals surface area contributed by atoms with E-state index in [2.05, 4.69) is 10.3 Å². The Kier molecular flexibility index (Phi) is 4.48. The van der Waals surface area contributed by atoms with Crippen LogP contribution in [-0.2, 0) is 4.74 Å². The van der Waals surface area contributed by atoms with Gasteiger partial charge in [-0.05, 0) is 49.8 Å². The maximum atomic E-state index is 12.9. The van der Waals surface area contributed by atoms with Crippen LogP contribution in [-0.4, -0.2) is 46.3 Å². The summed E-state index contributed by atoms with van der Waals surface area (Å²) in [5, 5.41) is 13.3. The maximum absolute atomic E-state index is 12.9. The molecule has 1 saturated carbocycles. The standard InChI is InChI=1S/C19H25N3O3/c23-12-19(6-2-7-19)17(14-4-9-25-10-5-14)21-18(24)16-11-15-3-1-8-22(15)13-20-16/h1,3,8,11,13-14,17,23H,2,4-7,9-10,12H2,(H,21,24). The number of nitrogens with one attached hydrogen (secondary N) is 1. The molecule has 2 aliphatic rings. The Balaban J connectivity index is 1.57. The highest BCUT2D eigenvalue weighted by Crippen LogP contribution is 2.47. The number of carbonyl (C=O) groups is 1. The summed E-state index contributed by atoms with van der Waals surface area (Å²) in [6, 6.07) is 5.67. The smallest absolute Gasteiger partial charge is 0.270 e. The summed E-state index contributed by atoms with van der Waals surface area (Å²) in [7, 11) is 0. The first kappa shape index (κ1) is 16.5. The monoisotopic (exact) mass is 343 g/mol. The normalized spacial score (nSPS) is 21.6. The van der Waals surface area contributed by atoms with E-state index in [0.29, 0.717) is 11.6 Å². The summed E-state index contributed by atoms with van der Waals surface area (Å²) in [5.74, 6) is 0.196. The van der Waals surface area contributed by atoms with Crippen LogP contribution in [0.15, 0.2) is 30.7 Å². The van der Waals surface area contributed by atoms with Crippen LogP contribution in [0.3, 0.4) is 0 Å². The highest BCUT2D eigenvalue weighted by atomic mass is 16.5. The number of ether oxygens (including phenoxy) is 1. The van der Waals surface area contributed by atoms with Crippen LogP contribution in [0.25, 0.3) is 5.52 Å². The molecular formula is C19H25N3O3. The van der Waals surface area contributed by atoms with Crippen molar-refractivity contribution in [3.8, 4) is 0 Å². The summed E-state index contributed by atoms with van der Waals surface area (Å²) < 4.78 is 7.37. The molecule has 1 amide bonds. The van der Waals surface area contributed by atoms with E-state index >= 15 is 0 Å². The van der Waals surface area contributed by atoms with Gasteiger partial charge in [-0.1, -0.05) is 6.42 Å². The SMILES string of the molecule is O=C(NC(C1CCOCC1)C1(CO)CCC1)c1cc2cccn2cn1. The predicted molar refractivity (Wildman–Crippen MR) is 93.4 cm³/mol. The van der Waals surface area contributed by atoms with Gasteiger partial charge in [-0.15, -0.1) is 0 Å². The van der Waals surface area contributed by atoms with Gasteiger partial charge in [0.05, 0.1) is 12.9 Å². The van der Waals surface area contributed by atoms with Gasteiger partial charge in [0.1, 0.15) is 5.69 Å². The second-order valence-corrected chi connectivity index (χ2v) is 7.39. The number of amides is 1. The first-order chi connectivity index (χ1) is 12.2. The quantitative estimate of drug-likeness (QED) is 0.871. The molecule has 6 heteroatoms. The Morgan fingerprint density at radius 3 is 2.92 bits per heavy atom. The minimum atomic E-state index is -0.184. The van der Waals surface area contributed by atoms with Crippen LogP contribution in [0.4, 0.5) is 0 Å². The van der Waals surface area contributed by atoms with Crippen LogP contribution in [0, 0.1) is 11.3 Å². The highest BCUT2D eigenvalue weighted by molar-refractivity contribution is 5.93. The van der Waals surface area contributed by atoms with Gasteiger partial charge in [0.15, 0.2) is 0 Å². The molecule has 1 atom stereocenters. The molecule has 1 aliphatic heterocycles. The summed E-state index contributed by atoms with van der Waals surface area (Å²) in [6.07, 6.45) is 8.48. The number of carbonyl (C=O) groups excluding carboxylic acids is 1. The number of aliphatic hydroxyl groups excluding tert-OH is 1. The molecule has 0 aromatic carbocycles. The lowest BCUT2D eigenvalue weighted by Gasteiger charge is -2.50. The summed E-state index contributed by atoms with van der Waals surface area (Å²) in [6.45, 7) is 1.58. The van der Waals surface area contributed by atoms with Crippen molar-refractivity contribution in [3.05, 3.63) is 36.4 Å². The zero-order chi connectivity index (χ0) is 17.3. The zero-order valence-electron chi connectivity index (χ0n) is 14.4. The van der Waals surface area contributed by atoms with Crippen molar-refractivity contribution in [2.45, 2.75) is 38.1 Å². The molecule has 1 aliphatic carbocycles. The van der Waals surface area contributed by atoms with Crippen molar-refractivity contribution in [2.75, 3.05) is 19.8 Å². The Bertz CT molecular complexity index is 742. The summed E-state index contributed by atoms with van der Waals surface area (Å²) in [5.41, 5.74) is 1.19. The van der Waals surface area contributed by atoms with E-state index in [1.807, 2.05) is 28.8 Å². The van der Waals surface area contributed by atoms with E-state index in [0.717, 1.165) is 50.8 Å². The lowest BCUT2D eigenvalue weighted by molar-refractivity contribution is -0.0379. The van der Waals surface area contributed by atoms with Gasteiger partial charge < -0.3 is 19.6 Å². The van der Waals surface area contributed by atoms with Gasteiger partial charge in [-0.25, -0.2) is 4.98 Å². The Hall–Kier alpha value is -1.92. The van der Waals surface area contributed by atoms with Crippen LogP contribution in [0.5, 0.6) is 0 Å². The first-order valence-corrected chi connectivity index (χ1v) is 9.14. The molecular weight excluding hydrogens is 318 g/mol. The number of nitrogens with zero attached hydrogens (tertiary/aromatic N) is 2. The molecule has 2 aromatic rings. The van der Waals surface area contributed by atoms with Gasteiger partial charge in [-0.3, -0.25) is 4.79 Å². The second-order valence-electron chi connectivity index (χ2n) is 7.39. The number of fused-ring (bicyclic) bond motifs is 1. The van der Waals surface area contributed by atoms with Crippen molar-refractivity contribution >= 4 is 11.4 Å². The van der Waals surface area contributed by atoms with E-state index in [4.69, 9.17) is 4.74 Å². The molecule has 0 radical (unpaired) electrons. The third-order valence-corrected chi connectivity index (χ3v) is 6.00. The second kappa shape index (κ2) is 6.77. The van der Waals surface area contributed by atoms with Crippen molar-refractivity contribution in [1.82, 2.24) is 14.7 Å². The Morgan fingerprint density at radius 1 is 1.44 bits per heavy atom. The summed E-state index contributed by atoms with van der Waals surface area (Å²) in [4.78, 5) is 17.2. The number of aliphatic hydroxyl groups is 1. The van der Waals surface area contributed by atoms with E-state index in [1.54, 1.807) is 6.33 Å². The van der Waals surface area contributed by atoms with Gasteiger partial charge >= 0.3 is 0 Å². The van der Waals surface area contributed by atoms with Crippen LogP contribution in [0.2, 0.25) is 0 Å². The molecule has 2 fully saturated rings. The molecule has 134 valence electrons. The zero-order valence-corrected chi connectivity index (χ0v) is 14.4. The largest absolute Gasteiger partial charge is 0.396 e. The fourth-order valence-electron chi connectivity index (χ4n) is 4.29. The Morgan fingerprint density at radius 2 is 2.24 bits per heavy atom. The lowest BCUT2D eigenvalue weighted by atomic mass is 9.60. The van der Waals surface area contributed by atoms with E-state index in [-0.39, 0.29) is 24.0 Å². The number of rotatable bonds is 5. The molecule has 2 aromatic heterocycles. The number of aromatic nitrogens is 2. The van der Waals surface area contributed by atoms with E-state index < -0.39 is 0 Å². The third-order valence-electron chi connectivity index (χ3n) is 6.00. The topological polar surface area (TPSA) is 75.9 Å². The Labute approximate surface area is 147 Å². The molecule has 1 saturated heterocycles. The van der Waals surface area contributed by atoms with Gasteiger partial charge in [0, 0.05) is 36.4 Å². The third kappa shape index (κ3) is 3.04. The molecule has 6 nitrogen and oxygen atoms in total. The van der Waals surface area contributed by atoms with Crippen molar-refractivity contribution in [2.24, 2.45) is 11.3 Å². The van der Waals surface area contributed by atoms with E-state index in [1.165, 1.54) is 0 Å². The molecule has 1 unspecified atom stereocenters. The van der Waals surface area contributed by atoms with E-state index in [9.17, 15) is 9.90 Å². The van der Waals surface area contributed by atoms with Crippen LogP contribution in [0.1, 0.15) is 42.6 Å². The average Bonchev–Trinajstić information content (AvgIpc) is 3.08. The fraction of sp³-hybridized carbons (Fsp3) is 0.579. The van der Waals surface area contributed by atoms with Gasteiger partial charge in [-0.2, -0.15) is 0 Å². The molecule has 3 heterocycles. The molecule has 0 spiro atoms. The summed E-state index contributed by atoms with van der Waals surface area (Å²) >= 11 is 0. The van der Waals surface area contributed by atoms with Crippen LogP contribution >= 0.6 is 0 Å². The molecule has 0 bridgehead atoms. The highest BCUT2D eigenvalue weighted by Gasteiger charge is 2.47. The van der Waals surface area contributed by atoms with Gasteiger partial charge in [0.2, 0.25) is 0 Å². The van der Waals surface area contributed by atoms with Crippen molar-refractivity contribution in [3.63, 3.8) is 0 Å². The predicted octanol–water partition coefficient (Wildman–Crippen LogP) is 2.02. The molecule has 4 rings (SSSR count). The number of hydrogen-bond donors (Lipinski definition) is 2. The molecule has 25 heavy (non-hydrogen) atoms. The van der Waals surface area contributed by atoms with Gasteiger partial charge in [0.25, 0.3) is 5.91 Å². The number of hydrogen-bond acceptors (Lipinski definition) is 4. The van der Waals surface area contributed by atoms with Crippen molar-refractivity contribution < 1.29 is 14.6 Å². The lowest BCUT2D eigenvalue weighted by Crippen LogP contribution is -2.57. The fourth-order valence-corrected chi connectivity index (χ4v) is 4.29. The molecule has 2 N–H and O–H groups in total. The minimum absolute atomic E-state index is 0.0209.